The van der Waals surface area contributed by atoms with E-state index < -0.39 is 0 Å². The Bertz CT molecular complexity index is 1430. The fourth-order valence-corrected chi connectivity index (χ4v) is 4.53. The highest BCUT2D eigenvalue weighted by Crippen LogP contribution is 2.29. The normalized spacial score (nSPS) is 14.0. The van der Waals surface area contributed by atoms with Crippen LogP contribution >= 0.6 is 0 Å². The maximum atomic E-state index is 12.7. The molecule has 0 saturated carbocycles. The number of carbonyl (C=O) groups excluding carboxylic acids is 1. The van der Waals surface area contributed by atoms with Crippen molar-refractivity contribution in [2.75, 3.05) is 50.1 Å². The molecule has 182 valence electrons. The first kappa shape index (κ1) is 23.4. The molecule has 8 heteroatoms. The fraction of sp³-hybridized carbons (Fsp3) is 0.250. The number of hydrogen-bond donors (Lipinski definition) is 1. The lowest BCUT2D eigenvalue weighted by molar-refractivity contribution is -0.117. The number of nitrogens with zero attached hydrogens (tertiary/aromatic N) is 4. The predicted octanol–water partition coefficient (Wildman–Crippen LogP) is 4.44. The van der Waals surface area contributed by atoms with Crippen molar-refractivity contribution >= 4 is 28.4 Å². The van der Waals surface area contributed by atoms with Gasteiger partial charge in [-0.1, -0.05) is 12.1 Å². The van der Waals surface area contributed by atoms with Crippen molar-refractivity contribution < 1.29 is 13.9 Å². The van der Waals surface area contributed by atoms with Crippen LogP contribution in [0.1, 0.15) is 11.1 Å². The van der Waals surface area contributed by atoms with E-state index in [4.69, 9.17) is 9.15 Å². The van der Waals surface area contributed by atoms with Gasteiger partial charge in [-0.25, -0.2) is 4.98 Å². The van der Waals surface area contributed by atoms with Crippen LogP contribution in [0.4, 0.5) is 11.4 Å². The van der Waals surface area contributed by atoms with E-state index in [1.165, 1.54) is 0 Å². The van der Waals surface area contributed by atoms with Crippen LogP contribution in [0.5, 0.6) is 5.75 Å². The maximum Gasteiger partial charge on any atom is 0.238 e. The molecule has 0 spiro atoms. The molecule has 36 heavy (non-hydrogen) atoms. The van der Waals surface area contributed by atoms with Crippen molar-refractivity contribution in [3.63, 3.8) is 0 Å². The van der Waals surface area contributed by atoms with Gasteiger partial charge >= 0.3 is 0 Å². The molecule has 0 radical (unpaired) electrons. The van der Waals surface area contributed by atoms with Gasteiger partial charge in [0.2, 0.25) is 11.8 Å². The second kappa shape index (κ2) is 10.1. The summed E-state index contributed by atoms with van der Waals surface area (Å²) in [7, 11) is 1.69. The molecule has 1 N–H and O–H groups in total. The van der Waals surface area contributed by atoms with E-state index in [2.05, 4.69) is 32.2 Å². The number of methoxy groups -OCH3 is 1. The molecule has 1 aliphatic heterocycles. The van der Waals surface area contributed by atoms with Gasteiger partial charge in [-0.2, -0.15) is 5.26 Å². The third-order valence-corrected chi connectivity index (χ3v) is 6.39. The maximum absolute atomic E-state index is 12.7. The average Bonchev–Trinajstić information content (AvgIpc) is 3.34. The molecule has 8 nitrogen and oxygen atoms in total. The topological polar surface area (TPSA) is 94.6 Å². The standard InChI is InChI=1S/C28H27N5O3/c1-19-15-20(17-29)16-23-27(19)36-28(31-23)21-7-9-22(10-8-21)30-26(34)18-32-11-13-33(14-12-32)24-5-3-4-6-25(24)35-2/h3-10,15-16H,11-14,18H2,1-2H3,(H,30,34). The van der Waals surface area contributed by atoms with Crippen molar-refractivity contribution in [2.24, 2.45) is 0 Å². The number of rotatable bonds is 6. The number of fused-ring (bicyclic) bond motifs is 1. The zero-order valence-electron chi connectivity index (χ0n) is 20.3. The van der Waals surface area contributed by atoms with E-state index in [-0.39, 0.29) is 5.91 Å². The summed E-state index contributed by atoms with van der Waals surface area (Å²) in [5.41, 5.74) is 5.36. The highest BCUT2D eigenvalue weighted by Gasteiger charge is 2.21. The fourth-order valence-electron chi connectivity index (χ4n) is 4.53. The number of aryl methyl sites for hydroxylation is 1. The summed E-state index contributed by atoms with van der Waals surface area (Å²) in [5, 5.41) is 12.2. The Balaban J connectivity index is 1.17. The smallest absolute Gasteiger partial charge is 0.238 e. The zero-order chi connectivity index (χ0) is 25.1. The molecule has 1 amide bonds. The SMILES string of the molecule is COc1ccccc1N1CCN(CC(=O)Nc2ccc(-c3nc4cc(C#N)cc(C)c4o3)cc2)CC1. The van der Waals surface area contributed by atoms with E-state index in [1.54, 1.807) is 19.2 Å². The van der Waals surface area contributed by atoms with Gasteiger partial charge in [-0.15, -0.1) is 0 Å². The van der Waals surface area contributed by atoms with E-state index >= 15 is 0 Å². The van der Waals surface area contributed by atoms with E-state index in [9.17, 15) is 10.1 Å². The van der Waals surface area contributed by atoms with Gasteiger partial charge < -0.3 is 19.4 Å². The van der Waals surface area contributed by atoms with Gasteiger partial charge in [-0.05, 0) is 61.0 Å². The number of carbonyl (C=O) groups is 1. The van der Waals surface area contributed by atoms with Gasteiger partial charge in [0.15, 0.2) is 5.58 Å². The third kappa shape index (κ3) is 4.88. The average molecular weight is 482 g/mol. The molecule has 0 atom stereocenters. The van der Waals surface area contributed by atoms with Gasteiger partial charge in [0.1, 0.15) is 11.3 Å². The first-order chi connectivity index (χ1) is 17.5. The summed E-state index contributed by atoms with van der Waals surface area (Å²) in [6, 6.07) is 21.1. The monoisotopic (exact) mass is 481 g/mol. The highest BCUT2D eigenvalue weighted by atomic mass is 16.5. The lowest BCUT2D eigenvalue weighted by atomic mass is 10.1. The number of aromatic nitrogens is 1. The molecule has 1 saturated heterocycles. The summed E-state index contributed by atoms with van der Waals surface area (Å²) >= 11 is 0. The van der Waals surface area contributed by atoms with Crippen LogP contribution in [0.25, 0.3) is 22.6 Å². The van der Waals surface area contributed by atoms with Gasteiger partial charge in [0.05, 0.1) is 31.0 Å². The molecular formula is C28H27N5O3. The van der Waals surface area contributed by atoms with Crippen LogP contribution in [0.15, 0.2) is 65.1 Å². The van der Waals surface area contributed by atoms with E-state index in [0.717, 1.165) is 54.4 Å². The minimum Gasteiger partial charge on any atom is -0.495 e. The molecule has 0 aliphatic carbocycles. The Hall–Kier alpha value is -4.35. The number of ether oxygens (including phenoxy) is 1. The molecular weight excluding hydrogens is 454 g/mol. The van der Waals surface area contributed by atoms with Crippen LogP contribution in [0.3, 0.4) is 0 Å². The number of nitrogens with one attached hydrogen (secondary N) is 1. The van der Waals surface area contributed by atoms with Crippen LogP contribution in [-0.4, -0.2) is 55.6 Å². The summed E-state index contributed by atoms with van der Waals surface area (Å²) in [6.07, 6.45) is 0. The Morgan fingerprint density at radius 1 is 1.11 bits per heavy atom. The number of amides is 1. The number of piperazine rings is 1. The number of hydrogen-bond acceptors (Lipinski definition) is 7. The van der Waals surface area contributed by atoms with Crippen LogP contribution < -0.4 is 15.0 Å². The number of benzene rings is 3. The Labute approximate surface area is 209 Å². The molecule has 4 aromatic rings. The molecule has 1 aromatic heterocycles. The van der Waals surface area contributed by atoms with Crippen molar-refractivity contribution in [3.8, 4) is 23.3 Å². The van der Waals surface area contributed by atoms with Gasteiger partial charge in [-0.3, -0.25) is 9.69 Å². The van der Waals surface area contributed by atoms with Gasteiger partial charge in [0, 0.05) is 37.4 Å². The Morgan fingerprint density at radius 2 is 1.86 bits per heavy atom. The molecule has 3 aromatic carbocycles. The van der Waals surface area contributed by atoms with Crippen LogP contribution in [0.2, 0.25) is 0 Å². The molecule has 1 fully saturated rings. The number of para-hydroxylation sites is 2. The number of nitriles is 1. The summed E-state index contributed by atoms with van der Waals surface area (Å²) < 4.78 is 11.4. The quantitative estimate of drug-likeness (QED) is 0.435. The summed E-state index contributed by atoms with van der Waals surface area (Å²) in [4.78, 5) is 21.6. The van der Waals surface area contributed by atoms with Crippen molar-refractivity contribution in [3.05, 3.63) is 71.8 Å². The molecule has 0 bridgehead atoms. The van der Waals surface area contributed by atoms with Crippen molar-refractivity contribution in [1.29, 1.82) is 5.26 Å². The Morgan fingerprint density at radius 3 is 2.58 bits per heavy atom. The molecule has 0 unspecified atom stereocenters. The van der Waals surface area contributed by atoms with E-state index in [1.807, 2.05) is 49.4 Å². The third-order valence-electron chi connectivity index (χ3n) is 6.39. The first-order valence-corrected chi connectivity index (χ1v) is 11.9. The lowest BCUT2D eigenvalue weighted by Gasteiger charge is -2.36. The second-order valence-corrected chi connectivity index (χ2v) is 8.83. The minimum absolute atomic E-state index is 0.0463. The summed E-state index contributed by atoms with van der Waals surface area (Å²) in [6.45, 7) is 5.51. The largest absolute Gasteiger partial charge is 0.495 e. The van der Waals surface area contributed by atoms with Crippen molar-refractivity contribution in [1.82, 2.24) is 9.88 Å². The van der Waals surface area contributed by atoms with Crippen LogP contribution in [-0.2, 0) is 4.79 Å². The number of anilines is 2. The predicted molar refractivity (Wildman–Crippen MR) is 139 cm³/mol. The highest BCUT2D eigenvalue weighted by molar-refractivity contribution is 5.92. The molecule has 5 rings (SSSR count). The zero-order valence-corrected chi connectivity index (χ0v) is 20.3. The van der Waals surface area contributed by atoms with Gasteiger partial charge in [0.25, 0.3) is 0 Å². The minimum atomic E-state index is -0.0463. The Kier molecular flexibility index (Phi) is 6.56. The summed E-state index contributed by atoms with van der Waals surface area (Å²) in [5.74, 6) is 1.30. The second-order valence-electron chi connectivity index (χ2n) is 8.83. The number of oxazole rings is 1. The molecule has 1 aliphatic rings. The van der Waals surface area contributed by atoms with E-state index in [0.29, 0.717) is 29.1 Å². The molecule has 2 heterocycles. The van der Waals surface area contributed by atoms with Crippen LogP contribution in [0, 0.1) is 18.3 Å². The lowest BCUT2D eigenvalue weighted by Crippen LogP contribution is -2.48. The first-order valence-electron chi connectivity index (χ1n) is 11.9. The van der Waals surface area contributed by atoms with Crippen molar-refractivity contribution in [2.45, 2.75) is 6.92 Å².